The molecule has 1 nitrogen and oxygen atoms in total. The molecule has 19 heavy (non-hydrogen) atoms. The summed E-state index contributed by atoms with van der Waals surface area (Å²) in [7, 11) is 0. The van der Waals surface area contributed by atoms with E-state index in [4.69, 9.17) is 0 Å². The summed E-state index contributed by atoms with van der Waals surface area (Å²) in [6.45, 7) is 12.4. The van der Waals surface area contributed by atoms with Crippen molar-refractivity contribution in [3.05, 3.63) is 35.4 Å². The SMILES string of the molecule is CC.CCCCC(C)CN1CCc2ccccc2C1. The van der Waals surface area contributed by atoms with Gasteiger partial charge in [0.15, 0.2) is 0 Å². The molecule has 1 atom stereocenters. The van der Waals surface area contributed by atoms with E-state index in [1.165, 1.54) is 38.8 Å². The third-order valence-corrected chi connectivity index (χ3v) is 3.83. The molecule has 1 heteroatoms. The summed E-state index contributed by atoms with van der Waals surface area (Å²) in [4.78, 5) is 2.63. The zero-order valence-electron chi connectivity index (χ0n) is 13.3. The van der Waals surface area contributed by atoms with Gasteiger partial charge < -0.3 is 0 Å². The first-order valence-electron chi connectivity index (χ1n) is 8.08. The third kappa shape index (κ3) is 5.36. The first-order chi connectivity index (χ1) is 9.29. The topological polar surface area (TPSA) is 3.24 Å². The molecule has 1 aliphatic heterocycles. The Morgan fingerprint density at radius 2 is 1.84 bits per heavy atom. The lowest BCUT2D eigenvalue weighted by Gasteiger charge is -2.30. The zero-order chi connectivity index (χ0) is 14.1. The molecule has 0 saturated heterocycles. The van der Waals surface area contributed by atoms with Crippen molar-refractivity contribution in [3.63, 3.8) is 0 Å². The fraction of sp³-hybridized carbons (Fsp3) is 0.667. The van der Waals surface area contributed by atoms with Crippen LogP contribution in [0.2, 0.25) is 0 Å². The summed E-state index contributed by atoms with van der Waals surface area (Å²) >= 11 is 0. The Morgan fingerprint density at radius 3 is 2.53 bits per heavy atom. The van der Waals surface area contributed by atoms with Crippen LogP contribution >= 0.6 is 0 Å². The standard InChI is InChI=1S/C16H25N.C2H6/c1-3-4-7-14(2)12-17-11-10-15-8-5-6-9-16(15)13-17;1-2/h5-6,8-9,14H,3-4,7,10-13H2,1-2H3;1-2H3. The molecule has 108 valence electrons. The maximum absolute atomic E-state index is 2.63. The monoisotopic (exact) mass is 261 g/mol. The Hall–Kier alpha value is -0.820. The van der Waals surface area contributed by atoms with Crippen molar-refractivity contribution < 1.29 is 0 Å². The van der Waals surface area contributed by atoms with Gasteiger partial charge in [-0.3, -0.25) is 4.90 Å². The van der Waals surface area contributed by atoms with Crippen molar-refractivity contribution >= 4 is 0 Å². The summed E-state index contributed by atoms with van der Waals surface area (Å²) in [5, 5.41) is 0. The number of fused-ring (bicyclic) bond motifs is 1. The van der Waals surface area contributed by atoms with E-state index in [0.717, 1.165) is 12.5 Å². The van der Waals surface area contributed by atoms with Gasteiger partial charge >= 0.3 is 0 Å². The van der Waals surface area contributed by atoms with Crippen LogP contribution in [0.1, 0.15) is 58.1 Å². The Labute approximate surface area is 120 Å². The molecule has 0 spiro atoms. The average Bonchev–Trinajstić information content (AvgIpc) is 2.47. The van der Waals surface area contributed by atoms with Gasteiger partial charge in [0.25, 0.3) is 0 Å². The van der Waals surface area contributed by atoms with Gasteiger partial charge in [-0.15, -0.1) is 0 Å². The van der Waals surface area contributed by atoms with Crippen molar-refractivity contribution in [3.8, 4) is 0 Å². The highest BCUT2D eigenvalue weighted by Crippen LogP contribution is 2.20. The molecule has 1 heterocycles. The van der Waals surface area contributed by atoms with E-state index in [9.17, 15) is 0 Å². The summed E-state index contributed by atoms with van der Waals surface area (Å²) in [5.41, 5.74) is 3.10. The van der Waals surface area contributed by atoms with Gasteiger partial charge in [-0.1, -0.05) is 64.8 Å². The fourth-order valence-corrected chi connectivity index (χ4v) is 2.79. The quantitative estimate of drug-likeness (QED) is 0.729. The number of nitrogens with zero attached hydrogens (tertiary/aromatic N) is 1. The van der Waals surface area contributed by atoms with Crippen LogP contribution in [0.15, 0.2) is 24.3 Å². The predicted molar refractivity (Wildman–Crippen MR) is 85.5 cm³/mol. The zero-order valence-corrected chi connectivity index (χ0v) is 13.3. The van der Waals surface area contributed by atoms with E-state index in [1.54, 1.807) is 11.1 Å². The lowest BCUT2D eigenvalue weighted by atomic mass is 9.97. The fourth-order valence-electron chi connectivity index (χ4n) is 2.79. The largest absolute Gasteiger partial charge is 0.298 e. The van der Waals surface area contributed by atoms with Crippen LogP contribution in [0.4, 0.5) is 0 Å². The first-order valence-corrected chi connectivity index (χ1v) is 8.08. The lowest BCUT2D eigenvalue weighted by Crippen LogP contribution is -2.33. The van der Waals surface area contributed by atoms with E-state index in [-0.39, 0.29) is 0 Å². The second-order valence-electron chi connectivity index (χ2n) is 5.50. The number of unbranched alkanes of at least 4 members (excludes halogenated alkanes) is 1. The highest BCUT2D eigenvalue weighted by atomic mass is 15.1. The van der Waals surface area contributed by atoms with Gasteiger partial charge in [0.05, 0.1) is 0 Å². The second-order valence-corrected chi connectivity index (χ2v) is 5.50. The van der Waals surface area contributed by atoms with Crippen molar-refractivity contribution in [2.24, 2.45) is 5.92 Å². The molecule has 0 aliphatic carbocycles. The summed E-state index contributed by atoms with van der Waals surface area (Å²) in [6, 6.07) is 8.91. The van der Waals surface area contributed by atoms with Gasteiger partial charge in [-0.05, 0) is 29.9 Å². The van der Waals surface area contributed by atoms with Crippen LogP contribution in [0.25, 0.3) is 0 Å². The second kappa shape index (κ2) is 9.14. The van der Waals surface area contributed by atoms with Crippen LogP contribution in [0, 0.1) is 5.92 Å². The lowest BCUT2D eigenvalue weighted by molar-refractivity contribution is 0.214. The van der Waals surface area contributed by atoms with Gasteiger partial charge in [0.2, 0.25) is 0 Å². The molecule has 0 aromatic heterocycles. The van der Waals surface area contributed by atoms with Crippen LogP contribution in [0.3, 0.4) is 0 Å². The maximum atomic E-state index is 2.63. The van der Waals surface area contributed by atoms with Crippen LogP contribution in [0.5, 0.6) is 0 Å². The molecular formula is C18H31N. The Bertz CT molecular complexity index is 345. The molecule has 1 aromatic rings. The van der Waals surface area contributed by atoms with Gasteiger partial charge in [0, 0.05) is 19.6 Å². The van der Waals surface area contributed by atoms with E-state index in [2.05, 4.69) is 43.0 Å². The van der Waals surface area contributed by atoms with Crippen LogP contribution < -0.4 is 0 Å². The van der Waals surface area contributed by atoms with E-state index < -0.39 is 0 Å². The molecule has 1 aliphatic rings. The van der Waals surface area contributed by atoms with Crippen molar-refractivity contribution in [2.75, 3.05) is 13.1 Å². The van der Waals surface area contributed by atoms with E-state index >= 15 is 0 Å². The minimum Gasteiger partial charge on any atom is -0.298 e. The normalized spacial score (nSPS) is 16.2. The third-order valence-electron chi connectivity index (χ3n) is 3.83. The summed E-state index contributed by atoms with van der Waals surface area (Å²) in [5.74, 6) is 0.847. The van der Waals surface area contributed by atoms with Gasteiger partial charge in [0.1, 0.15) is 0 Å². The molecule has 0 radical (unpaired) electrons. The number of hydrogen-bond acceptors (Lipinski definition) is 1. The minimum absolute atomic E-state index is 0.847. The van der Waals surface area contributed by atoms with Crippen molar-refractivity contribution in [1.82, 2.24) is 4.90 Å². The Morgan fingerprint density at radius 1 is 1.16 bits per heavy atom. The molecule has 0 fully saturated rings. The van der Waals surface area contributed by atoms with Gasteiger partial charge in [-0.25, -0.2) is 0 Å². The molecule has 0 bridgehead atoms. The van der Waals surface area contributed by atoms with E-state index in [0.29, 0.717) is 0 Å². The molecule has 0 N–H and O–H groups in total. The predicted octanol–water partition coefficient (Wildman–Crippen LogP) is 4.90. The summed E-state index contributed by atoms with van der Waals surface area (Å²) in [6.07, 6.45) is 5.32. The first kappa shape index (κ1) is 16.2. The smallest absolute Gasteiger partial charge is 0.0236 e. The molecular weight excluding hydrogens is 230 g/mol. The van der Waals surface area contributed by atoms with Gasteiger partial charge in [-0.2, -0.15) is 0 Å². The molecule has 0 amide bonds. The van der Waals surface area contributed by atoms with Crippen LogP contribution in [-0.4, -0.2) is 18.0 Å². The van der Waals surface area contributed by atoms with E-state index in [1.807, 2.05) is 13.8 Å². The maximum Gasteiger partial charge on any atom is 0.0236 e. The number of benzene rings is 1. The summed E-state index contributed by atoms with van der Waals surface area (Å²) < 4.78 is 0. The van der Waals surface area contributed by atoms with Crippen molar-refractivity contribution in [2.45, 2.75) is 59.9 Å². The number of rotatable bonds is 5. The number of hydrogen-bond donors (Lipinski definition) is 0. The highest BCUT2D eigenvalue weighted by Gasteiger charge is 2.17. The van der Waals surface area contributed by atoms with Crippen LogP contribution in [-0.2, 0) is 13.0 Å². The highest BCUT2D eigenvalue weighted by molar-refractivity contribution is 5.28. The molecule has 1 aromatic carbocycles. The van der Waals surface area contributed by atoms with Crippen molar-refractivity contribution in [1.29, 1.82) is 0 Å². The Kier molecular flexibility index (Phi) is 7.81. The average molecular weight is 261 g/mol. The Balaban J connectivity index is 0.000000861. The minimum atomic E-state index is 0.847. The molecule has 0 saturated carbocycles. The molecule has 1 unspecified atom stereocenters. The molecule has 2 rings (SSSR count).